The van der Waals surface area contributed by atoms with Gasteiger partial charge in [0.2, 0.25) is 0 Å². The molecule has 26 heavy (non-hydrogen) atoms. The van der Waals surface area contributed by atoms with Crippen molar-refractivity contribution in [3.05, 3.63) is 35.6 Å². The molecular formula is C18H26FIN4O2. The number of halogens is 2. The molecule has 0 bridgehead atoms. The van der Waals surface area contributed by atoms with Crippen molar-refractivity contribution in [2.24, 2.45) is 4.99 Å². The molecule has 1 amide bonds. The first-order valence-electron chi connectivity index (χ1n) is 8.60. The lowest BCUT2D eigenvalue weighted by molar-refractivity contribution is 0.0137. The van der Waals surface area contributed by atoms with E-state index in [1.165, 1.54) is 6.07 Å². The number of hydrogen-bond donors (Lipinski definition) is 1. The van der Waals surface area contributed by atoms with Crippen molar-refractivity contribution < 1.29 is 13.9 Å². The number of guanidine groups is 1. The van der Waals surface area contributed by atoms with Crippen molar-refractivity contribution in [2.45, 2.75) is 39.0 Å². The van der Waals surface area contributed by atoms with E-state index in [2.05, 4.69) is 15.2 Å². The van der Waals surface area contributed by atoms with Gasteiger partial charge in [0.1, 0.15) is 11.4 Å². The third-order valence-corrected chi connectivity index (χ3v) is 4.25. The van der Waals surface area contributed by atoms with Gasteiger partial charge in [0, 0.05) is 31.7 Å². The summed E-state index contributed by atoms with van der Waals surface area (Å²) in [5.74, 6) is 0.553. The van der Waals surface area contributed by atoms with Crippen LogP contribution >= 0.6 is 24.0 Å². The third-order valence-electron chi connectivity index (χ3n) is 4.25. The normalized spacial score (nSPS) is 19.4. The third kappa shape index (κ3) is 4.99. The molecule has 1 N–H and O–H groups in total. The van der Waals surface area contributed by atoms with E-state index >= 15 is 0 Å². The molecule has 1 unspecified atom stereocenters. The van der Waals surface area contributed by atoms with E-state index in [0.29, 0.717) is 38.3 Å². The summed E-state index contributed by atoms with van der Waals surface area (Å²) >= 11 is 0. The lowest BCUT2D eigenvalue weighted by Gasteiger charge is -2.39. The number of nitrogens with zero attached hydrogens (tertiary/aromatic N) is 3. The fraction of sp³-hybridized carbons (Fsp3) is 0.556. The van der Waals surface area contributed by atoms with Gasteiger partial charge in [-0.3, -0.25) is 4.99 Å². The van der Waals surface area contributed by atoms with E-state index in [9.17, 15) is 9.18 Å². The Morgan fingerprint density at radius 3 is 2.77 bits per heavy atom. The molecule has 0 radical (unpaired) electrons. The van der Waals surface area contributed by atoms with E-state index < -0.39 is 5.60 Å². The largest absolute Gasteiger partial charge is 0.444 e. The molecule has 1 aromatic rings. The summed E-state index contributed by atoms with van der Waals surface area (Å²) < 4.78 is 19.2. The molecule has 3 rings (SSSR count). The van der Waals surface area contributed by atoms with Crippen LogP contribution in [0.5, 0.6) is 0 Å². The maximum atomic E-state index is 13.7. The number of hydrogen-bond acceptors (Lipinski definition) is 5. The Morgan fingerprint density at radius 1 is 1.35 bits per heavy atom. The molecule has 2 heterocycles. The molecule has 0 aromatic heterocycles. The second-order valence-electron chi connectivity index (χ2n) is 7.38. The number of piperazine rings is 1. The van der Waals surface area contributed by atoms with Gasteiger partial charge in [-0.05, 0) is 26.8 Å². The number of carbonyl (C=O) groups is 1. The van der Waals surface area contributed by atoms with Crippen LogP contribution in [0.3, 0.4) is 0 Å². The van der Waals surface area contributed by atoms with Crippen molar-refractivity contribution in [1.29, 1.82) is 0 Å². The highest BCUT2D eigenvalue weighted by atomic mass is 127. The number of benzene rings is 1. The van der Waals surface area contributed by atoms with Crippen LogP contribution in [-0.2, 0) is 11.3 Å². The quantitative estimate of drug-likeness (QED) is 0.668. The van der Waals surface area contributed by atoms with Crippen LogP contribution in [-0.4, -0.2) is 59.7 Å². The molecule has 1 saturated heterocycles. The number of aliphatic imine (C=N–C) groups is 1. The van der Waals surface area contributed by atoms with E-state index in [1.807, 2.05) is 26.8 Å². The van der Waals surface area contributed by atoms with Crippen LogP contribution in [0.2, 0.25) is 0 Å². The zero-order valence-corrected chi connectivity index (χ0v) is 17.7. The van der Waals surface area contributed by atoms with E-state index in [1.54, 1.807) is 17.0 Å². The molecule has 0 aliphatic carbocycles. The van der Waals surface area contributed by atoms with Crippen molar-refractivity contribution in [1.82, 2.24) is 15.1 Å². The predicted molar refractivity (Wildman–Crippen MR) is 109 cm³/mol. The van der Waals surface area contributed by atoms with Gasteiger partial charge in [0.25, 0.3) is 0 Å². The Labute approximate surface area is 170 Å². The fourth-order valence-corrected chi connectivity index (χ4v) is 3.04. The first-order valence-corrected chi connectivity index (χ1v) is 8.60. The number of ether oxygens (including phenoxy) is 1. The first kappa shape index (κ1) is 20.7. The van der Waals surface area contributed by atoms with E-state index in [0.717, 1.165) is 5.96 Å². The average Bonchev–Trinajstić information content (AvgIpc) is 2.95. The maximum absolute atomic E-state index is 13.7. The highest BCUT2D eigenvalue weighted by Crippen LogP contribution is 2.19. The molecule has 6 nitrogen and oxygen atoms in total. The van der Waals surface area contributed by atoms with Crippen LogP contribution in [0.15, 0.2) is 29.3 Å². The van der Waals surface area contributed by atoms with Gasteiger partial charge in [-0.15, -0.1) is 24.0 Å². The van der Waals surface area contributed by atoms with Gasteiger partial charge < -0.3 is 19.9 Å². The molecule has 8 heteroatoms. The zero-order chi connectivity index (χ0) is 18.0. The van der Waals surface area contributed by atoms with Crippen LogP contribution in [0.1, 0.15) is 26.3 Å². The van der Waals surface area contributed by atoms with Crippen molar-refractivity contribution in [2.75, 3.05) is 26.2 Å². The van der Waals surface area contributed by atoms with Gasteiger partial charge in [-0.25, -0.2) is 9.18 Å². The summed E-state index contributed by atoms with van der Waals surface area (Å²) in [4.78, 5) is 20.6. The summed E-state index contributed by atoms with van der Waals surface area (Å²) in [6.07, 6.45) is -0.278. The summed E-state index contributed by atoms with van der Waals surface area (Å²) in [7, 11) is 0. The number of fused-ring (bicyclic) bond motifs is 1. The van der Waals surface area contributed by atoms with Crippen LogP contribution in [0, 0.1) is 5.82 Å². The molecule has 1 aromatic carbocycles. The lowest BCUT2D eigenvalue weighted by atomic mass is 10.2. The minimum absolute atomic E-state index is 0. The Kier molecular flexibility index (Phi) is 6.70. The fourth-order valence-electron chi connectivity index (χ4n) is 3.04. The topological polar surface area (TPSA) is 57.2 Å². The molecule has 1 fully saturated rings. The monoisotopic (exact) mass is 476 g/mol. The molecule has 0 saturated carbocycles. The Balaban J connectivity index is 0.00000243. The molecular weight excluding hydrogens is 450 g/mol. The SMILES string of the molecule is CC(C)(C)OC(=O)N1CCN2C(NCc3ccccc3F)=NCC2C1.I. The van der Waals surface area contributed by atoms with Gasteiger partial charge >= 0.3 is 6.09 Å². The van der Waals surface area contributed by atoms with Gasteiger partial charge in [0.15, 0.2) is 5.96 Å². The van der Waals surface area contributed by atoms with E-state index in [-0.39, 0.29) is 41.9 Å². The highest BCUT2D eigenvalue weighted by molar-refractivity contribution is 14.0. The standard InChI is InChI=1S/C18H25FN4O2.HI/c1-18(2,3)25-17(24)22-8-9-23-14(12-22)11-21-16(23)20-10-13-6-4-5-7-15(13)19;/h4-7,14H,8-12H2,1-3H3,(H,20,21);1H. The number of amides is 1. The molecule has 1 atom stereocenters. The zero-order valence-electron chi connectivity index (χ0n) is 15.4. The van der Waals surface area contributed by atoms with Crippen molar-refractivity contribution in [3.63, 3.8) is 0 Å². The lowest BCUT2D eigenvalue weighted by Crippen LogP contribution is -2.57. The second-order valence-corrected chi connectivity index (χ2v) is 7.38. The number of rotatable bonds is 2. The average molecular weight is 476 g/mol. The summed E-state index contributed by atoms with van der Waals surface area (Å²) in [6.45, 7) is 8.48. The Bertz CT molecular complexity index is 677. The van der Waals surface area contributed by atoms with Crippen LogP contribution in [0.4, 0.5) is 9.18 Å². The number of carbonyl (C=O) groups excluding carboxylic acids is 1. The summed E-state index contributed by atoms with van der Waals surface area (Å²) in [5, 5.41) is 3.22. The van der Waals surface area contributed by atoms with Crippen molar-refractivity contribution >= 4 is 36.0 Å². The Hall–Kier alpha value is -1.58. The predicted octanol–water partition coefficient (Wildman–Crippen LogP) is 2.82. The van der Waals surface area contributed by atoms with Crippen molar-refractivity contribution in [3.8, 4) is 0 Å². The molecule has 144 valence electrons. The number of nitrogens with one attached hydrogen (secondary N) is 1. The molecule has 0 spiro atoms. The summed E-state index contributed by atoms with van der Waals surface area (Å²) in [6, 6.07) is 6.85. The van der Waals surface area contributed by atoms with Crippen LogP contribution < -0.4 is 5.32 Å². The minimum atomic E-state index is -0.493. The minimum Gasteiger partial charge on any atom is -0.444 e. The molecule has 2 aliphatic rings. The van der Waals surface area contributed by atoms with Gasteiger partial charge in [-0.1, -0.05) is 18.2 Å². The van der Waals surface area contributed by atoms with Crippen LogP contribution in [0.25, 0.3) is 0 Å². The maximum Gasteiger partial charge on any atom is 0.410 e. The van der Waals surface area contributed by atoms with E-state index in [4.69, 9.17) is 4.74 Å². The van der Waals surface area contributed by atoms with Gasteiger partial charge in [0.05, 0.1) is 12.6 Å². The molecule has 2 aliphatic heterocycles. The summed E-state index contributed by atoms with van der Waals surface area (Å²) in [5.41, 5.74) is 0.119. The van der Waals surface area contributed by atoms with Gasteiger partial charge in [-0.2, -0.15) is 0 Å². The smallest absolute Gasteiger partial charge is 0.410 e. The highest BCUT2D eigenvalue weighted by Gasteiger charge is 2.36. The second kappa shape index (κ2) is 8.41. The first-order chi connectivity index (χ1) is 11.8. The Morgan fingerprint density at radius 2 is 2.08 bits per heavy atom.